The highest BCUT2D eigenvalue weighted by Gasteiger charge is 2.41. The molecule has 2 N–H and O–H groups in total. The fraction of sp³-hybridized carbons (Fsp3) is 0.571. The largest absolute Gasteiger partial charge is 0.476 e. The van der Waals surface area contributed by atoms with E-state index in [1.54, 1.807) is 6.92 Å². The van der Waals surface area contributed by atoms with Gasteiger partial charge in [0.2, 0.25) is 0 Å². The van der Waals surface area contributed by atoms with Crippen molar-refractivity contribution in [3.05, 3.63) is 17.0 Å². The number of carbonyl (C=O) groups is 2. The summed E-state index contributed by atoms with van der Waals surface area (Å²) in [6.45, 7) is 3.13. The number of aromatic nitrogens is 2. The average Bonchev–Trinajstić information content (AvgIpc) is 2.53. The van der Waals surface area contributed by atoms with Crippen LogP contribution in [0.4, 0.5) is 18.9 Å². The molecule has 2 heterocycles. The van der Waals surface area contributed by atoms with E-state index < -0.39 is 34.9 Å². The molecule has 1 aromatic rings. The molecule has 7 nitrogen and oxygen atoms in total. The molecule has 0 saturated carbocycles. The summed E-state index contributed by atoms with van der Waals surface area (Å²) in [5.74, 6) is -2.30. The Morgan fingerprint density at radius 3 is 2.38 bits per heavy atom. The number of anilines is 1. The lowest BCUT2D eigenvalue weighted by molar-refractivity contribution is -0.142. The Labute approximate surface area is 135 Å². The number of halogens is 3. The number of ketones is 1. The lowest BCUT2D eigenvalue weighted by Crippen LogP contribution is -2.45. The van der Waals surface area contributed by atoms with Crippen molar-refractivity contribution < 1.29 is 27.9 Å². The van der Waals surface area contributed by atoms with Crippen LogP contribution in [0.1, 0.15) is 46.3 Å². The normalized spacial score (nSPS) is 15.4. The summed E-state index contributed by atoms with van der Waals surface area (Å²) in [5, 5.41) is 18.6. The number of alkyl halides is 3. The van der Waals surface area contributed by atoms with Crippen molar-refractivity contribution in [1.29, 1.82) is 0 Å². The van der Waals surface area contributed by atoms with Gasteiger partial charge in [0.05, 0.1) is 11.3 Å². The number of Topliss-reactive ketones (excluding diaryl/α,β-unsaturated/α-hetero) is 1. The van der Waals surface area contributed by atoms with Gasteiger partial charge in [-0.1, -0.05) is 6.92 Å². The van der Waals surface area contributed by atoms with Gasteiger partial charge in [0.15, 0.2) is 17.2 Å². The maximum absolute atomic E-state index is 13.3. The second-order valence-corrected chi connectivity index (χ2v) is 5.33. The third kappa shape index (κ3) is 3.64. The van der Waals surface area contributed by atoms with Crippen molar-refractivity contribution in [2.45, 2.75) is 25.9 Å². The Morgan fingerprint density at radius 1 is 1.25 bits per heavy atom. The number of nitrogens with one attached hydrogen (secondary N) is 1. The van der Waals surface area contributed by atoms with E-state index in [9.17, 15) is 27.9 Å². The van der Waals surface area contributed by atoms with Crippen molar-refractivity contribution in [3.63, 3.8) is 0 Å². The third-order valence-electron chi connectivity index (χ3n) is 3.61. The summed E-state index contributed by atoms with van der Waals surface area (Å²) >= 11 is 0. The maximum atomic E-state index is 13.3. The van der Waals surface area contributed by atoms with Crippen LogP contribution in [0.2, 0.25) is 0 Å². The molecule has 10 heteroatoms. The van der Waals surface area contributed by atoms with Crippen LogP contribution >= 0.6 is 0 Å². The summed E-state index contributed by atoms with van der Waals surface area (Å²) in [4.78, 5) is 25.2. The summed E-state index contributed by atoms with van der Waals surface area (Å²) in [7, 11) is 0. The minimum absolute atomic E-state index is 0.132. The van der Waals surface area contributed by atoms with Crippen molar-refractivity contribution in [1.82, 2.24) is 15.5 Å². The lowest BCUT2D eigenvalue weighted by Gasteiger charge is -2.32. The van der Waals surface area contributed by atoms with Crippen molar-refractivity contribution in [2.24, 2.45) is 0 Å². The topological polar surface area (TPSA) is 95.4 Å². The van der Waals surface area contributed by atoms with E-state index in [-0.39, 0.29) is 25.2 Å². The van der Waals surface area contributed by atoms with Crippen LogP contribution in [0, 0.1) is 0 Å². The van der Waals surface area contributed by atoms with Crippen LogP contribution in [-0.2, 0) is 6.18 Å². The number of nitrogens with zero attached hydrogens (tertiary/aromatic N) is 3. The standard InChI is InChI=1S/C14H17F3N4O3/c1-2-3-8(22)9-11(21-6-4-18-5-7-21)10(13(23)24)19-20-12(9)14(15,16)17/h18H,2-7H2,1H3,(H,23,24). The molecule has 1 saturated heterocycles. The monoisotopic (exact) mass is 346 g/mol. The Kier molecular flexibility index (Phi) is 5.37. The van der Waals surface area contributed by atoms with Crippen LogP contribution in [0.15, 0.2) is 0 Å². The van der Waals surface area contributed by atoms with Gasteiger partial charge in [-0.3, -0.25) is 4.79 Å². The zero-order valence-corrected chi connectivity index (χ0v) is 13.0. The fourth-order valence-corrected chi connectivity index (χ4v) is 2.58. The van der Waals surface area contributed by atoms with E-state index in [1.807, 2.05) is 0 Å². The molecule has 1 aliphatic heterocycles. The van der Waals surface area contributed by atoms with Gasteiger partial charge in [0.1, 0.15) is 0 Å². The van der Waals surface area contributed by atoms with E-state index in [0.717, 1.165) is 0 Å². The SMILES string of the molecule is CCCC(=O)c1c(C(F)(F)F)nnc(C(=O)O)c1N1CCNCC1. The molecule has 0 spiro atoms. The fourth-order valence-electron chi connectivity index (χ4n) is 2.58. The van der Waals surface area contributed by atoms with Gasteiger partial charge in [0.25, 0.3) is 0 Å². The number of piperazine rings is 1. The van der Waals surface area contributed by atoms with Crippen LogP contribution < -0.4 is 10.2 Å². The zero-order valence-electron chi connectivity index (χ0n) is 13.0. The highest BCUT2D eigenvalue weighted by molar-refractivity contribution is 6.07. The summed E-state index contributed by atoms with van der Waals surface area (Å²) in [6.07, 6.45) is -4.69. The Balaban J connectivity index is 2.73. The van der Waals surface area contributed by atoms with E-state index in [0.29, 0.717) is 19.5 Å². The zero-order chi connectivity index (χ0) is 17.9. The highest BCUT2D eigenvalue weighted by atomic mass is 19.4. The first-order valence-electron chi connectivity index (χ1n) is 7.47. The first kappa shape index (κ1) is 18.1. The second-order valence-electron chi connectivity index (χ2n) is 5.33. The predicted molar refractivity (Wildman–Crippen MR) is 78.3 cm³/mol. The van der Waals surface area contributed by atoms with Gasteiger partial charge in [0, 0.05) is 32.6 Å². The van der Waals surface area contributed by atoms with E-state index >= 15 is 0 Å². The van der Waals surface area contributed by atoms with Gasteiger partial charge in [-0.25, -0.2) is 4.79 Å². The third-order valence-corrected chi connectivity index (χ3v) is 3.61. The number of hydrogen-bond donors (Lipinski definition) is 2. The van der Waals surface area contributed by atoms with Crippen LogP contribution in [-0.4, -0.2) is 53.2 Å². The Hall–Kier alpha value is -2.23. The summed E-state index contributed by atoms with van der Waals surface area (Å²) in [6, 6.07) is 0. The molecule has 132 valence electrons. The molecule has 0 radical (unpaired) electrons. The number of carboxylic acids is 1. The van der Waals surface area contributed by atoms with Crippen LogP contribution in [0.5, 0.6) is 0 Å². The minimum atomic E-state index is -4.90. The quantitative estimate of drug-likeness (QED) is 0.782. The molecule has 0 amide bonds. The minimum Gasteiger partial charge on any atom is -0.476 e. The number of aromatic carboxylic acids is 1. The molecular weight excluding hydrogens is 329 g/mol. The van der Waals surface area contributed by atoms with Gasteiger partial charge in [-0.05, 0) is 6.42 Å². The van der Waals surface area contributed by atoms with Crippen molar-refractivity contribution in [2.75, 3.05) is 31.1 Å². The molecular formula is C14H17F3N4O3. The smallest absolute Gasteiger partial charge is 0.435 e. The first-order chi connectivity index (χ1) is 11.3. The van der Waals surface area contributed by atoms with E-state index in [1.165, 1.54) is 4.90 Å². The lowest BCUT2D eigenvalue weighted by atomic mass is 10.0. The van der Waals surface area contributed by atoms with Crippen LogP contribution in [0.3, 0.4) is 0 Å². The number of carboxylic acid groups (broad SMARTS) is 1. The Bertz CT molecular complexity index is 643. The van der Waals surface area contributed by atoms with Gasteiger partial charge in [-0.2, -0.15) is 13.2 Å². The molecule has 0 atom stereocenters. The molecule has 1 aliphatic rings. The first-order valence-corrected chi connectivity index (χ1v) is 7.47. The van der Waals surface area contributed by atoms with E-state index in [2.05, 4.69) is 15.5 Å². The van der Waals surface area contributed by atoms with Gasteiger partial charge < -0.3 is 15.3 Å². The maximum Gasteiger partial charge on any atom is 0.435 e. The molecule has 1 aromatic heterocycles. The van der Waals surface area contributed by atoms with Gasteiger partial charge in [-0.15, -0.1) is 10.2 Å². The average molecular weight is 346 g/mol. The number of rotatable bonds is 5. The summed E-state index contributed by atoms with van der Waals surface area (Å²) in [5.41, 5.74) is -3.05. The Morgan fingerprint density at radius 2 is 1.88 bits per heavy atom. The highest BCUT2D eigenvalue weighted by Crippen LogP contribution is 2.37. The summed E-state index contributed by atoms with van der Waals surface area (Å²) < 4.78 is 39.9. The second kappa shape index (κ2) is 7.12. The van der Waals surface area contributed by atoms with Gasteiger partial charge >= 0.3 is 12.1 Å². The molecule has 24 heavy (non-hydrogen) atoms. The van der Waals surface area contributed by atoms with Crippen LogP contribution in [0.25, 0.3) is 0 Å². The number of carbonyl (C=O) groups excluding carboxylic acids is 1. The van der Waals surface area contributed by atoms with E-state index in [4.69, 9.17) is 0 Å². The molecule has 2 rings (SSSR count). The molecule has 0 bridgehead atoms. The van der Waals surface area contributed by atoms with Crippen molar-refractivity contribution >= 4 is 17.4 Å². The van der Waals surface area contributed by atoms with Crippen molar-refractivity contribution in [3.8, 4) is 0 Å². The predicted octanol–water partition coefficient (Wildman–Crippen LogP) is 1.59. The molecule has 0 unspecified atom stereocenters. The molecule has 0 aliphatic carbocycles. The molecule has 0 aromatic carbocycles. The number of hydrogen-bond acceptors (Lipinski definition) is 6. The molecule has 1 fully saturated rings.